The van der Waals surface area contributed by atoms with Gasteiger partial charge in [0.25, 0.3) is 0 Å². The van der Waals surface area contributed by atoms with Gasteiger partial charge in [0.1, 0.15) is 12.4 Å². The Bertz CT molecular complexity index is 942. The van der Waals surface area contributed by atoms with E-state index in [1.165, 1.54) is 24.4 Å². The van der Waals surface area contributed by atoms with Gasteiger partial charge in [0, 0.05) is 17.1 Å². The van der Waals surface area contributed by atoms with Crippen LogP contribution in [0, 0.1) is 0 Å². The summed E-state index contributed by atoms with van der Waals surface area (Å²) in [7, 11) is 0. The fraction of sp³-hybridized carbons (Fsp3) is 0.100. The lowest BCUT2D eigenvalue weighted by Crippen LogP contribution is -2.37. The topological polar surface area (TPSA) is 117 Å². The molecule has 0 aliphatic rings. The van der Waals surface area contributed by atoms with E-state index in [2.05, 4.69) is 22.4 Å². The molecule has 9 heteroatoms. The molecule has 0 aromatic heterocycles. The number of rotatable bonds is 8. The smallest absolute Gasteiger partial charge is 0.335 e. The fourth-order valence-corrected chi connectivity index (χ4v) is 2.29. The highest BCUT2D eigenvalue weighted by Gasteiger charge is 2.11. The third-order valence-electron chi connectivity index (χ3n) is 3.55. The van der Waals surface area contributed by atoms with Crippen molar-refractivity contribution in [3.8, 4) is 5.75 Å². The number of benzene rings is 2. The number of carboxylic acids is 1. The minimum Gasteiger partial charge on any atom is -0.488 e. The van der Waals surface area contributed by atoms with Crippen molar-refractivity contribution in [2.24, 2.45) is 5.10 Å². The largest absolute Gasteiger partial charge is 0.488 e. The Labute approximate surface area is 171 Å². The molecule has 0 aliphatic heterocycles. The molecule has 0 spiro atoms. The molecule has 0 unspecified atom stereocenters. The van der Waals surface area contributed by atoms with E-state index in [-0.39, 0.29) is 18.7 Å². The Hall–Kier alpha value is -3.65. The third-order valence-corrected chi connectivity index (χ3v) is 3.79. The Morgan fingerprint density at radius 3 is 2.52 bits per heavy atom. The number of amides is 2. The van der Waals surface area contributed by atoms with Gasteiger partial charge in [-0.25, -0.2) is 10.2 Å². The van der Waals surface area contributed by atoms with Crippen LogP contribution in [0.15, 0.2) is 60.2 Å². The lowest BCUT2D eigenvalue weighted by atomic mass is 10.1. The molecule has 8 nitrogen and oxygen atoms in total. The summed E-state index contributed by atoms with van der Waals surface area (Å²) < 4.78 is 5.74. The molecule has 0 atom stereocenters. The van der Waals surface area contributed by atoms with Crippen LogP contribution in [0.2, 0.25) is 5.02 Å². The van der Waals surface area contributed by atoms with Crippen molar-refractivity contribution in [3.05, 3.63) is 76.8 Å². The van der Waals surface area contributed by atoms with Gasteiger partial charge in [-0.15, -0.1) is 6.58 Å². The molecule has 0 saturated carbocycles. The Balaban J connectivity index is 2.03. The van der Waals surface area contributed by atoms with Gasteiger partial charge in [-0.1, -0.05) is 29.8 Å². The number of ether oxygens (including phenoxy) is 1. The van der Waals surface area contributed by atoms with Crippen molar-refractivity contribution >= 4 is 35.6 Å². The predicted molar refractivity (Wildman–Crippen MR) is 108 cm³/mol. The van der Waals surface area contributed by atoms with Gasteiger partial charge in [0.15, 0.2) is 0 Å². The van der Waals surface area contributed by atoms with E-state index in [4.69, 9.17) is 21.4 Å². The van der Waals surface area contributed by atoms with E-state index in [1.54, 1.807) is 30.3 Å². The normalized spacial score (nSPS) is 10.4. The summed E-state index contributed by atoms with van der Waals surface area (Å²) in [4.78, 5) is 34.0. The van der Waals surface area contributed by atoms with E-state index < -0.39 is 17.8 Å². The van der Waals surface area contributed by atoms with Crippen molar-refractivity contribution in [3.63, 3.8) is 0 Å². The van der Waals surface area contributed by atoms with Crippen LogP contribution < -0.4 is 15.5 Å². The van der Waals surface area contributed by atoms with Crippen molar-refractivity contribution in [2.45, 2.75) is 6.61 Å². The van der Waals surface area contributed by atoms with E-state index in [1.807, 2.05) is 0 Å². The van der Waals surface area contributed by atoms with Crippen molar-refractivity contribution < 1.29 is 24.2 Å². The second kappa shape index (κ2) is 10.6. The zero-order chi connectivity index (χ0) is 21.2. The van der Waals surface area contributed by atoms with Crippen LogP contribution in [0.25, 0.3) is 0 Å². The molecular formula is C20H18ClN3O5. The highest BCUT2D eigenvalue weighted by atomic mass is 35.5. The monoisotopic (exact) mass is 415 g/mol. The van der Waals surface area contributed by atoms with Crippen molar-refractivity contribution in [1.29, 1.82) is 0 Å². The highest BCUT2D eigenvalue weighted by molar-refractivity contribution is 6.35. The molecule has 2 aromatic carbocycles. The second-order valence-corrected chi connectivity index (χ2v) is 6.11. The highest BCUT2D eigenvalue weighted by Crippen LogP contribution is 2.22. The Morgan fingerprint density at radius 2 is 1.86 bits per heavy atom. The molecule has 0 heterocycles. The molecule has 0 saturated heterocycles. The number of carboxylic acid groups (broad SMARTS) is 1. The van der Waals surface area contributed by atoms with Gasteiger partial charge in [-0.2, -0.15) is 5.10 Å². The maximum absolute atomic E-state index is 11.6. The van der Waals surface area contributed by atoms with Crippen LogP contribution in [-0.2, 0) is 16.2 Å². The molecule has 2 rings (SSSR count). The number of nitrogens with one attached hydrogen (secondary N) is 2. The van der Waals surface area contributed by atoms with Crippen LogP contribution in [0.3, 0.4) is 0 Å². The van der Waals surface area contributed by atoms with Gasteiger partial charge in [-0.05, 0) is 35.9 Å². The van der Waals surface area contributed by atoms with Gasteiger partial charge in [0.2, 0.25) is 0 Å². The van der Waals surface area contributed by atoms with Gasteiger partial charge < -0.3 is 15.2 Å². The Morgan fingerprint density at radius 1 is 1.14 bits per heavy atom. The second-order valence-electron chi connectivity index (χ2n) is 5.67. The number of hydrogen-bond acceptors (Lipinski definition) is 5. The molecule has 150 valence electrons. The summed E-state index contributed by atoms with van der Waals surface area (Å²) in [5.74, 6) is -2.33. The van der Waals surface area contributed by atoms with Crippen molar-refractivity contribution in [1.82, 2.24) is 10.7 Å². The number of hydrogen-bond donors (Lipinski definition) is 3. The summed E-state index contributed by atoms with van der Waals surface area (Å²) in [6, 6.07) is 11.1. The summed E-state index contributed by atoms with van der Waals surface area (Å²) in [6.45, 7) is 3.78. The Kier molecular flexibility index (Phi) is 7.93. The van der Waals surface area contributed by atoms with Gasteiger partial charge >= 0.3 is 17.8 Å². The molecular weight excluding hydrogens is 398 g/mol. The first kappa shape index (κ1) is 21.6. The fourth-order valence-electron chi connectivity index (χ4n) is 2.11. The number of carbonyl (C=O) groups is 3. The van der Waals surface area contributed by atoms with E-state index >= 15 is 0 Å². The molecule has 3 N–H and O–H groups in total. The zero-order valence-corrected chi connectivity index (χ0v) is 16.0. The maximum Gasteiger partial charge on any atom is 0.335 e. The summed E-state index contributed by atoms with van der Waals surface area (Å²) >= 11 is 6.00. The van der Waals surface area contributed by atoms with Crippen LogP contribution in [0.1, 0.15) is 21.5 Å². The van der Waals surface area contributed by atoms with Gasteiger partial charge in [-0.3, -0.25) is 9.59 Å². The number of carbonyl (C=O) groups excluding carboxylic acids is 2. The van der Waals surface area contributed by atoms with Crippen LogP contribution in [0.5, 0.6) is 5.75 Å². The van der Waals surface area contributed by atoms with E-state index in [0.29, 0.717) is 16.3 Å². The molecule has 0 radical (unpaired) electrons. The molecule has 2 aromatic rings. The molecule has 29 heavy (non-hydrogen) atoms. The number of aromatic carboxylic acids is 1. The number of hydrazone groups is 1. The average molecular weight is 416 g/mol. The first-order valence-corrected chi connectivity index (χ1v) is 8.75. The molecule has 0 fully saturated rings. The minimum atomic E-state index is -1.01. The molecule has 0 aliphatic carbocycles. The number of halogens is 1. The zero-order valence-electron chi connectivity index (χ0n) is 15.2. The predicted octanol–water partition coefficient (Wildman–Crippen LogP) is 2.37. The van der Waals surface area contributed by atoms with E-state index in [9.17, 15) is 14.4 Å². The summed E-state index contributed by atoms with van der Waals surface area (Å²) in [5, 5.41) is 15.4. The quantitative estimate of drug-likeness (QED) is 0.265. The lowest BCUT2D eigenvalue weighted by molar-refractivity contribution is -0.139. The first-order valence-electron chi connectivity index (χ1n) is 8.37. The van der Waals surface area contributed by atoms with Crippen LogP contribution >= 0.6 is 11.6 Å². The molecule has 2 amide bonds. The van der Waals surface area contributed by atoms with Crippen LogP contribution in [0.4, 0.5) is 0 Å². The summed E-state index contributed by atoms with van der Waals surface area (Å²) in [5.41, 5.74) is 3.53. The van der Waals surface area contributed by atoms with Gasteiger partial charge in [0.05, 0.1) is 11.8 Å². The van der Waals surface area contributed by atoms with Crippen LogP contribution in [-0.4, -0.2) is 35.6 Å². The first-order chi connectivity index (χ1) is 13.9. The number of nitrogens with zero attached hydrogens (tertiary/aromatic N) is 1. The molecule has 0 bridgehead atoms. The maximum atomic E-state index is 11.6. The summed E-state index contributed by atoms with van der Waals surface area (Å²) in [6.07, 6.45) is 2.74. The SMILES string of the molecule is C=CCNC(=O)C(=O)N/N=C\c1cc(Cl)ccc1OCc1ccc(C(=O)O)cc1. The minimum absolute atomic E-state index is 0.162. The van der Waals surface area contributed by atoms with Crippen molar-refractivity contribution in [2.75, 3.05) is 6.54 Å². The average Bonchev–Trinajstić information content (AvgIpc) is 2.71. The van der Waals surface area contributed by atoms with E-state index in [0.717, 1.165) is 5.56 Å². The standard InChI is InChI=1S/C20H18ClN3O5/c1-2-9-22-18(25)19(26)24-23-11-15-10-16(21)7-8-17(15)29-12-13-3-5-14(6-4-13)20(27)28/h2-8,10-11H,1,9,12H2,(H,22,25)(H,24,26)(H,27,28)/b23-11-. The lowest BCUT2D eigenvalue weighted by Gasteiger charge is -2.10. The third kappa shape index (κ3) is 6.78.